The number of hydrogen-bond acceptors (Lipinski definition) is 2. The SMILES string of the molecule is CC[C@H](C)NC(=O)[C@@H](C)N(Cc1cccc(Cl)c1)C(=O)Cc1cccc(Cl)c1. The molecule has 2 rings (SSSR count). The molecule has 150 valence electrons. The van der Waals surface area contributed by atoms with Crippen LogP contribution >= 0.6 is 23.2 Å². The van der Waals surface area contributed by atoms with Crippen molar-refractivity contribution in [2.24, 2.45) is 0 Å². The summed E-state index contributed by atoms with van der Waals surface area (Å²) in [4.78, 5) is 27.3. The summed E-state index contributed by atoms with van der Waals surface area (Å²) in [6.07, 6.45) is 0.991. The number of nitrogens with zero attached hydrogens (tertiary/aromatic N) is 1. The smallest absolute Gasteiger partial charge is 0.242 e. The van der Waals surface area contributed by atoms with Crippen LogP contribution < -0.4 is 5.32 Å². The Kier molecular flexibility index (Phi) is 8.34. The Hall–Kier alpha value is -2.04. The van der Waals surface area contributed by atoms with Gasteiger partial charge in [0.15, 0.2) is 0 Å². The van der Waals surface area contributed by atoms with E-state index in [1.807, 2.05) is 38.1 Å². The van der Waals surface area contributed by atoms with E-state index in [1.165, 1.54) is 0 Å². The van der Waals surface area contributed by atoms with Crippen LogP contribution in [0.2, 0.25) is 10.0 Å². The predicted molar refractivity (Wildman–Crippen MR) is 115 cm³/mol. The molecule has 0 unspecified atom stereocenters. The van der Waals surface area contributed by atoms with E-state index in [4.69, 9.17) is 23.2 Å². The first-order chi connectivity index (χ1) is 13.3. The molecule has 0 aliphatic heterocycles. The summed E-state index contributed by atoms with van der Waals surface area (Å²) < 4.78 is 0. The van der Waals surface area contributed by atoms with E-state index in [-0.39, 0.29) is 24.3 Å². The van der Waals surface area contributed by atoms with Gasteiger partial charge in [-0.15, -0.1) is 0 Å². The molecule has 2 atom stereocenters. The third-order valence-electron chi connectivity index (χ3n) is 4.65. The molecule has 2 aromatic rings. The maximum absolute atomic E-state index is 13.1. The van der Waals surface area contributed by atoms with Crippen LogP contribution in [-0.2, 0) is 22.6 Å². The third kappa shape index (κ3) is 6.54. The highest BCUT2D eigenvalue weighted by Crippen LogP contribution is 2.17. The van der Waals surface area contributed by atoms with Crippen molar-refractivity contribution in [2.45, 2.75) is 52.2 Å². The molecule has 0 saturated carbocycles. The fraction of sp³-hybridized carbons (Fsp3) is 0.364. The summed E-state index contributed by atoms with van der Waals surface area (Å²) in [7, 11) is 0. The largest absolute Gasteiger partial charge is 0.352 e. The number of hydrogen-bond donors (Lipinski definition) is 1. The highest BCUT2D eigenvalue weighted by atomic mass is 35.5. The van der Waals surface area contributed by atoms with Crippen LogP contribution in [0.4, 0.5) is 0 Å². The minimum Gasteiger partial charge on any atom is -0.352 e. The molecule has 0 saturated heterocycles. The molecule has 0 heterocycles. The van der Waals surface area contributed by atoms with Crippen molar-refractivity contribution in [3.63, 3.8) is 0 Å². The monoisotopic (exact) mass is 420 g/mol. The molecule has 2 aromatic carbocycles. The minimum absolute atomic E-state index is 0.0472. The fourth-order valence-electron chi connectivity index (χ4n) is 2.80. The second kappa shape index (κ2) is 10.5. The van der Waals surface area contributed by atoms with Crippen LogP contribution in [0.1, 0.15) is 38.3 Å². The molecule has 0 bridgehead atoms. The van der Waals surface area contributed by atoms with Gasteiger partial charge in [-0.1, -0.05) is 54.4 Å². The molecule has 0 fully saturated rings. The summed E-state index contributed by atoms with van der Waals surface area (Å²) in [5.41, 5.74) is 1.68. The van der Waals surface area contributed by atoms with Crippen molar-refractivity contribution < 1.29 is 9.59 Å². The van der Waals surface area contributed by atoms with Gasteiger partial charge in [-0.3, -0.25) is 9.59 Å². The number of benzene rings is 2. The fourth-order valence-corrected chi connectivity index (χ4v) is 3.23. The van der Waals surface area contributed by atoms with Gasteiger partial charge in [0, 0.05) is 22.6 Å². The molecule has 6 heteroatoms. The zero-order valence-electron chi connectivity index (χ0n) is 16.4. The zero-order valence-corrected chi connectivity index (χ0v) is 17.9. The van der Waals surface area contributed by atoms with Gasteiger partial charge in [0.1, 0.15) is 6.04 Å². The van der Waals surface area contributed by atoms with Gasteiger partial charge < -0.3 is 10.2 Å². The number of amides is 2. The summed E-state index contributed by atoms with van der Waals surface area (Å²) in [5.74, 6) is -0.315. The second-order valence-electron chi connectivity index (χ2n) is 6.95. The van der Waals surface area contributed by atoms with Crippen molar-refractivity contribution in [3.8, 4) is 0 Å². The molecule has 28 heavy (non-hydrogen) atoms. The first kappa shape index (κ1) is 22.3. The van der Waals surface area contributed by atoms with Crippen molar-refractivity contribution in [1.82, 2.24) is 10.2 Å². The lowest BCUT2D eigenvalue weighted by atomic mass is 10.1. The van der Waals surface area contributed by atoms with Crippen LogP contribution in [0.25, 0.3) is 0 Å². The Morgan fingerprint density at radius 2 is 1.57 bits per heavy atom. The molecule has 0 aromatic heterocycles. The van der Waals surface area contributed by atoms with E-state index in [1.54, 1.807) is 36.1 Å². The lowest BCUT2D eigenvalue weighted by Gasteiger charge is -2.30. The van der Waals surface area contributed by atoms with Crippen molar-refractivity contribution in [3.05, 3.63) is 69.7 Å². The molecular weight excluding hydrogens is 395 g/mol. The van der Waals surface area contributed by atoms with Gasteiger partial charge in [0.2, 0.25) is 11.8 Å². The van der Waals surface area contributed by atoms with Gasteiger partial charge in [0.05, 0.1) is 6.42 Å². The number of nitrogens with one attached hydrogen (secondary N) is 1. The predicted octanol–water partition coefficient (Wildman–Crippen LogP) is 4.87. The third-order valence-corrected chi connectivity index (χ3v) is 5.12. The average Bonchev–Trinajstić information content (AvgIpc) is 2.65. The standard InChI is InChI=1S/C22H26Cl2N2O2/c1-4-15(2)25-22(28)16(3)26(14-18-8-6-10-20(24)12-18)21(27)13-17-7-5-9-19(23)11-17/h5-12,15-16H,4,13-14H2,1-3H3,(H,25,28)/t15-,16+/m0/s1. The van der Waals surface area contributed by atoms with Gasteiger partial charge in [-0.05, 0) is 55.7 Å². The number of halogens is 2. The van der Waals surface area contributed by atoms with E-state index >= 15 is 0 Å². The van der Waals surface area contributed by atoms with Gasteiger partial charge in [-0.2, -0.15) is 0 Å². The van der Waals surface area contributed by atoms with E-state index in [0.717, 1.165) is 17.5 Å². The van der Waals surface area contributed by atoms with E-state index in [2.05, 4.69) is 5.32 Å². The van der Waals surface area contributed by atoms with E-state index < -0.39 is 6.04 Å². The lowest BCUT2D eigenvalue weighted by molar-refractivity contribution is -0.140. The summed E-state index contributed by atoms with van der Waals surface area (Å²) in [6, 6.07) is 13.9. The highest BCUT2D eigenvalue weighted by molar-refractivity contribution is 6.30. The van der Waals surface area contributed by atoms with Crippen molar-refractivity contribution >= 4 is 35.0 Å². The molecule has 0 spiro atoms. The normalized spacial score (nSPS) is 12.9. The summed E-state index contributed by atoms with van der Waals surface area (Å²) in [6.45, 7) is 6.00. The lowest BCUT2D eigenvalue weighted by Crippen LogP contribution is -2.49. The van der Waals surface area contributed by atoms with E-state index in [9.17, 15) is 9.59 Å². The molecule has 0 aliphatic carbocycles. The first-order valence-electron chi connectivity index (χ1n) is 9.39. The molecule has 4 nitrogen and oxygen atoms in total. The number of carbonyl (C=O) groups excluding carboxylic acids is 2. The quantitative estimate of drug-likeness (QED) is 0.661. The Balaban J connectivity index is 2.23. The number of carbonyl (C=O) groups is 2. The van der Waals surface area contributed by atoms with Gasteiger partial charge in [0.25, 0.3) is 0 Å². The molecule has 1 N–H and O–H groups in total. The Morgan fingerprint density at radius 1 is 1.00 bits per heavy atom. The van der Waals surface area contributed by atoms with Crippen LogP contribution in [0.5, 0.6) is 0 Å². The van der Waals surface area contributed by atoms with Crippen molar-refractivity contribution in [2.75, 3.05) is 0 Å². The zero-order chi connectivity index (χ0) is 20.7. The van der Waals surface area contributed by atoms with Gasteiger partial charge in [-0.25, -0.2) is 0 Å². The average molecular weight is 421 g/mol. The number of rotatable bonds is 8. The molecular formula is C22H26Cl2N2O2. The van der Waals surface area contributed by atoms with Crippen molar-refractivity contribution in [1.29, 1.82) is 0 Å². The second-order valence-corrected chi connectivity index (χ2v) is 7.82. The maximum Gasteiger partial charge on any atom is 0.242 e. The maximum atomic E-state index is 13.1. The molecule has 0 radical (unpaired) electrons. The molecule has 2 amide bonds. The molecule has 0 aliphatic rings. The first-order valence-corrected chi connectivity index (χ1v) is 10.1. The Bertz CT molecular complexity index is 826. The summed E-state index contributed by atoms with van der Waals surface area (Å²) >= 11 is 12.1. The van der Waals surface area contributed by atoms with Crippen LogP contribution in [0.15, 0.2) is 48.5 Å². The topological polar surface area (TPSA) is 49.4 Å². The highest BCUT2D eigenvalue weighted by Gasteiger charge is 2.26. The Morgan fingerprint density at radius 3 is 2.14 bits per heavy atom. The summed E-state index contributed by atoms with van der Waals surface area (Å²) in [5, 5.41) is 4.13. The van der Waals surface area contributed by atoms with E-state index in [0.29, 0.717) is 16.6 Å². The van der Waals surface area contributed by atoms with Crippen LogP contribution in [0.3, 0.4) is 0 Å². The van der Waals surface area contributed by atoms with Gasteiger partial charge >= 0.3 is 0 Å². The Labute approximate surface area is 176 Å². The minimum atomic E-state index is -0.611. The van der Waals surface area contributed by atoms with Crippen LogP contribution in [0, 0.1) is 0 Å². The van der Waals surface area contributed by atoms with Crippen LogP contribution in [-0.4, -0.2) is 28.8 Å².